The number of halogens is 3. The van der Waals surface area contributed by atoms with Crippen LogP contribution in [0.15, 0.2) is 34.9 Å². The van der Waals surface area contributed by atoms with E-state index in [1.165, 1.54) is 12.3 Å². The summed E-state index contributed by atoms with van der Waals surface area (Å²) in [6.45, 7) is 0. The average molecular weight is 327 g/mol. The fourth-order valence-corrected chi connectivity index (χ4v) is 1.94. The van der Waals surface area contributed by atoms with Crippen molar-refractivity contribution in [1.29, 1.82) is 0 Å². The number of carbonyl (C=O) groups excluding carboxylic acids is 1. The molecule has 0 fully saturated rings. The van der Waals surface area contributed by atoms with Crippen LogP contribution in [0.4, 0.5) is 14.6 Å². The minimum absolute atomic E-state index is 0.0651. The van der Waals surface area contributed by atoms with Crippen molar-refractivity contribution in [3.05, 3.63) is 57.7 Å². The minimum Gasteiger partial charge on any atom is -0.373 e. The fourth-order valence-electron chi connectivity index (χ4n) is 1.60. The van der Waals surface area contributed by atoms with E-state index in [2.05, 4.69) is 26.2 Å². The van der Waals surface area contributed by atoms with Gasteiger partial charge in [-0.3, -0.25) is 4.79 Å². The maximum atomic E-state index is 13.1. The quantitative estimate of drug-likeness (QED) is 0.879. The number of anilines is 1. The van der Waals surface area contributed by atoms with Gasteiger partial charge in [0.05, 0.1) is 5.56 Å². The summed E-state index contributed by atoms with van der Waals surface area (Å²) in [6, 6.07) is 4.61. The Balaban J connectivity index is 2.49. The van der Waals surface area contributed by atoms with Gasteiger partial charge < -0.3 is 5.32 Å². The van der Waals surface area contributed by atoms with Gasteiger partial charge in [-0.25, -0.2) is 13.8 Å². The molecule has 1 aromatic heterocycles. The summed E-state index contributed by atoms with van der Waals surface area (Å²) in [7, 11) is 1.62. The number of hydrogen-bond donors (Lipinski definition) is 1. The Kier molecular flexibility index (Phi) is 3.90. The molecule has 0 aliphatic rings. The first kappa shape index (κ1) is 13.6. The van der Waals surface area contributed by atoms with E-state index in [1.807, 2.05) is 0 Å². The van der Waals surface area contributed by atoms with Crippen LogP contribution in [0.2, 0.25) is 0 Å². The van der Waals surface area contributed by atoms with Crippen molar-refractivity contribution in [2.45, 2.75) is 0 Å². The largest absolute Gasteiger partial charge is 0.373 e. The lowest BCUT2D eigenvalue weighted by atomic mass is 10.0. The molecule has 0 bridgehead atoms. The molecule has 0 aliphatic carbocycles. The molecule has 1 N–H and O–H groups in total. The van der Waals surface area contributed by atoms with E-state index in [1.54, 1.807) is 13.1 Å². The zero-order chi connectivity index (χ0) is 14.0. The van der Waals surface area contributed by atoms with Gasteiger partial charge in [0.15, 0.2) is 17.4 Å². The van der Waals surface area contributed by atoms with Gasteiger partial charge in [-0.2, -0.15) is 0 Å². The number of pyridine rings is 1. The SMILES string of the molecule is CNc1ncc(Br)cc1C(=O)c1ccc(F)c(F)c1. The highest BCUT2D eigenvalue weighted by atomic mass is 79.9. The number of rotatable bonds is 3. The molecule has 0 amide bonds. The Morgan fingerprint density at radius 1 is 1.26 bits per heavy atom. The fraction of sp³-hybridized carbons (Fsp3) is 0.0769. The monoisotopic (exact) mass is 326 g/mol. The predicted molar refractivity (Wildman–Crippen MR) is 71.3 cm³/mol. The van der Waals surface area contributed by atoms with Crippen molar-refractivity contribution >= 4 is 27.5 Å². The molecule has 0 radical (unpaired) electrons. The first-order valence-electron chi connectivity index (χ1n) is 5.36. The van der Waals surface area contributed by atoms with Gasteiger partial charge in [0, 0.05) is 23.3 Å². The molecule has 3 nitrogen and oxygen atoms in total. The van der Waals surface area contributed by atoms with Crippen LogP contribution in [0.1, 0.15) is 15.9 Å². The van der Waals surface area contributed by atoms with Crippen LogP contribution in [0.3, 0.4) is 0 Å². The molecule has 1 aromatic carbocycles. The Morgan fingerprint density at radius 3 is 2.63 bits per heavy atom. The van der Waals surface area contributed by atoms with Gasteiger partial charge in [-0.15, -0.1) is 0 Å². The number of hydrogen-bond acceptors (Lipinski definition) is 3. The highest BCUT2D eigenvalue weighted by Gasteiger charge is 2.16. The molecule has 0 unspecified atom stereocenters. The second kappa shape index (κ2) is 5.44. The predicted octanol–water partition coefficient (Wildman–Crippen LogP) is 3.40. The minimum atomic E-state index is -1.06. The molecule has 98 valence electrons. The van der Waals surface area contributed by atoms with Crippen molar-refractivity contribution in [2.24, 2.45) is 0 Å². The number of ketones is 1. The number of nitrogens with zero attached hydrogens (tertiary/aromatic N) is 1. The summed E-state index contributed by atoms with van der Waals surface area (Å²) in [5, 5.41) is 2.78. The molecule has 0 aliphatic heterocycles. The third-order valence-corrected chi connectivity index (χ3v) is 2.95. The molecule has 19 heavy (non-hydrogen) atoms. The van der Waals surface area contributed by atoms with E-state index in [-0.39, 0.29) is 11.1 Å². The molecule has 2 aromatic rings. The summed E-state index contributed by atoms with van der Waals surface area (Å²) in [6.07, 6.45) is 1.54. The van der Waals surface area contributed by atoms with E-state index in [4.69, 9.17) is 0 Å². The third-order valence-electron chi connectivity index (χ3n) is 2.52. The highest BCUT2D eigenvalue weighted by Crippen LogP contribution is 2.21. The van der Waals surface area contributed by atoms with Crippen LogP contribution in [-0.4, -0.2) is 17.8 Å². The zero-order valence-corrected chi connectivity index (χ0v) is 11.5. The standard InChI is InChI=1S/C13H9BrF2N2O/c1-17-13-9(5-8(14)6-18-13)12(19)7-2-3-10(15)11(16)4-7/h2-6H,1H3,(H,17,18). The topological polar surface area (TPSA) is 42.0 Å². The smallest absolute Gasteiger partial charge is 0.196 e. The van der Waals surface area contributed by atoms with Crippen LogP contribution < -0.4 is 5.32 Å². The summed E-state index contributed by atoms with van der Waals surface area (Å²) in [4.78, 5) is 16.3. The lowest BCUT2D eigenvalue weighted by Crippen LogP contribution is -2.08. The van der Waals surface area contributed by atoms with Crippen LogP contribution in [0.5, 0.6) is 0 Å². The van der Waals surface area contributed by atoms with Crippen molar-refractivity contribution < 1.29 is 13.6 Å². The summed E-state index contributed by atoms with van der Waals surface area (Å²) in [5.74, 6) is -2.10. The molecule has 0 saturated carbocycles. The number of benzene rings is 1. The van der Waals surface area contributed by atoms with Gasteiger partial charge in [0.25, 0.3) is 0 Å². The Bertz CT molecular complexity index is 647. The van der Waals surface area contributed by atoms with Gasteiger partial charge >= 0.3 is 0 Å². The van der Waals surface area contributed by atoms with E-state index >= 15 is 0 Å². The molecule has 2 rings (SSSR count). The van der Waals surface area contributed by atoms with Crippen LogP contribution in [0.25, 0.3) is 0 Å². The second-order valence-electron chi connectivity index (χ2n) is 3.76. The molecule has 1 heterocycles. The van der Waals surface area contributed by atoms with E-state index in [0.717, 1.165) is 12.1 Å². The Hall–Kier alpha value is -1.82. The summed E-state index contributed by atoms with van der Waals surface area (Å²) in [5.41, 5.74) is 0.346. The lowest BCUT2D eigenvalue weighted by Gasteiger charge is -2.08. The maximum absolute atomic E-state index is 13.1. The molecule has 0 atom stereocenters. The van der Waals surface area contributed by atoms with Crippen LogP contribution in [0, 0.1) is 11.6 Å². The summed E-state index contributed by atoms with van der Waals surface area (Å²) >= 11 is 3.22. The average Bonchev–Trinajstić information content (AvgIpc) is 2.41. The number of nitrogens with one attached hydrogen (secondary N) is 1. The van der Waals surface area contributed by atoms with E-state index in [9.17, 15) is 13.6 Å². The highest BCUT2D eigenvalue weighted by molar-refractivity contribution is 9.10. The Morgan fingerprint density at radius 2 is 2.00 bits per heavy atom. The molecule has 0 saturated heterocycles. The van der Waals surface area contributed by atoms with Gasteiger partial charge in [0.1, 0.15) is 5.82 Å². The van der Waals surface area contributed by atoms with Crippen LogP contribution >= 0.6 is 15.9 Å². The van der Waals surface area contributed by atoms with Crippen LogP contribution in [-0.2, 0) is 0 Å². The maximum Gasteiger partial charge on any atom is 0.196 e. The van der Waals surface area contributed by atoms with Crippen molar-refractivity contribution in [1.82, 2.24) is 4.98 Å². The lowest BCUT2D eigenvalue weighted by molar-refractivity contribution is 0.103. The summed E-state index contributed by atoms with van der Waals surface area (Å²) < 4.78 is 26.6. The first-order chi connectivity index (χ1) is 9.02. The van der Waals surface area contributed by atoms with Gasteiger partial charge in [0.2, 0.25) is 0 Å². The normalized spacial score (nSPS) is 10.3. The number of carbonyl (C=O) groups is 1. The Labute approximate surface area is 116 Å². The van der Waals surface area contributed by atoms with E-state index in [0.29, 0.717) is 10.3 Å². The first-order valence-corrected chi connectivity index (χ1v) is 6.15. The van der Waals surface area contributed by atoms with Crippen molar-refractivity contribution in [2.75, 3.05) is 12.4 Å². The van der Waals surface area contributed by atoms with Crippen molar-refractivity contribution in [3.63, 3.8) is 0 Å². The molecular weight excluding hydrogens is 318 g/mol. The number of aromatic nitrogens is 1. The zero-order valence-electron chi connectivity index (χ0n) is 9.88. The van der Waals surface area contributed by atoms with E-state index < -0.39 is 17.4 Å². The molecule has 0 spiro atoms. The van der Waals surface area contributed by atoms with Gasteiger partial charge in [-0.05, 0) is 40.2 Å². The third kappa shape index (κ3) is 2.78. The second-order valence-corrected chi connectivity index (χ2v) is 4.67. The van der Waals surface area contributed by atoms with Gasteiger partial charge in [-0.1, -0.05) is 0 Å². The molecular formula is C13H9BrF2N2O. The molecule has 6 heteroatoms. The van der Waals surface area contributed by atoms with Crippen molar-refractivity contribution in [3.8, 4) is 0 Å².